The molecule has 9 heavy (non-hydrogen) atoms. The highest BCUT2D eigenvalue weighted by molar-refractivity contribution is 7.80. The Kier molecular flexibility index (Phi) is 1.58. The fourth-order valence-electron chi connectivity index (χ4n) is 0.368. The van der Waals surface area contributed by atoms with E-state index in [1.807, 2.05) is 0 Å². The second-order valence-corrected chi connectivity index (χ2v) is 2.58. The molecule has 0 aliphatic carbocycles. The molecule has 0 saturated carbocycles. The molecule has 0 amide bonds. The van der Waals surface area contributed by atoms with Crippen LogP contribution in [0.2, 0.25) is 0 Å². The molecule has 4 N–H and O–H groups in total. The fourth-order valence-corrected chi connectivity index (χ4v) is 1.03. The van der Waals surface area contributed by atoms with Crippen molar-refractivity contribution in [2.45, 2.75) is 0 Å². The fraction of sp³-hybridized carbons (Fsp3) is 0. The van der Waals surface area contributed by atoms with Crippen LogP contribution >= 0.6 is 23.8 Å². The van der Waals surface area contributed by atoms with E-state index in [1.54, 1.807) is 0 Å². The Morgan fingerprint density at radius 3 is 2.56 bits per heavy atom. The molecule has 0 saturated heterocycles. The highest BCUT2D eigenvalue weighted by Crippen LogP contribution is 2.10. The number of aromatic nitrogens is 2. The van der Waals surface area contributed by atoms with E-state index >= 15 is 0 Å². The number of nitrogens with two attached hydrogens (primary N) is 2. The standard InChI is InChI=1S/C3H4N4S2/c4-2(8)1-3(5)9-7-6-1/h5H2,(H2,4,8). The quantitative estimate of drug-likeness (QED) is 0.554. The average Bonchev–Trinajstić information content (AvgIpc) is 2.13. The van der Waals surface area contributed by atoms with E-state index in [0.29, 0.717) is 10.7 Å². The summed E-state index contributed by atoms with van der Waals surface area (Å²) in [4.78, 5) is 0.196. The number of hydrogen-bond donors (Lipinski definition) is 2. The molecule has 6 heteroatoms. The van der Waals surface area contributed by atoms with Crippen molar-refractivity contribution in [3.63, 3.8) is 0 Å². The van der Waals surface area contributed by atoms with Crippen LogP contribution in [-0.2, 0) is 0 Å². The topological polar surface area (TPSA) is 77.8 Å². The highest BCUT2D eigenvalue weighted by Gasteiger charge is 2.04. The second-order valence-electron chi connectivity index (χ2n) is 1.35. The maximum atomic E-state index is 5.37. The summed E-state index contributed by atoms with van der Waals surface area (Å²) in [5, 5.41) is 4.07. The first-order valence-corrected chi connectivity index (χ1v) is 3.27. The molecule has 1 rings (SSSR count). The number of nitrogens with zero attached hydrogens (tertiary/aromatic N) is 2. The Morgan fingerprint density at radius 2 is 2.33 bits per heavy atom. The van der Waals surface area contributed by atoms with Gasteiger partial charge in [-0.3, -0.25) is 0 Å². The van der Waals surface area contributed by atoms with Gasteiger partial charge in [-0.2, -0.15) is 0 Å². The molecule has 0 fully saturated rings. The van der Waals surface area contributed by atoms with E-state index in [2.05, 4.69) is 21.8 Å². The third-order valence-corrected chi connectivity index (χ3v) is 1.49. The van der Waals surface area contributed by atoms with E-state index in [4.69, 9.17) is 11.5 Å². The lowest BCUT2D eigenvalue weighted by molar-refractivity contribution is 1.14. The van der Waals surface area contributed by atoms with Gasteiger partial charge in [0.05, 0.1) is 0 Å². The van der Waals surface area contributed by atoms with Crippen LogP contribution in [-0.4, -0.2) is 14.6 Å². The number of nitrogen functional groups attached to an aromatic ring is 1. The first-order valence-electron chi connectivity index (χ1n) is 2.09. The van der Waals surface area contributed by atoms with Gasteiger partial charge in [0.2, 0.25) is 0 Å². The Morgan fingerprint density at radius 1 is 1.67 bits per heavy atom. The summed E-state index contributed by atoms with van der Waals surface area (Å²) in [6.45, 7) is 0. The molecule has 0 spiro atoms. The summed E-state index contributed by atoms with van der Waals surface area (Å²) >= 11 is 5.69. The first-order chi connectivity index (χ1) is 4.22. The van der Waals surface area contributed by atoms with Crippen molar-refractivity contribution >= 4 is 33.7 Å². The Bertz CT molecular complexity index is 229. The molecule has 0 unspecified atom stereocenters. The molecule has 0 radical (unpaired) electrons. The lowest BCUT2D eigenvalue weighted by Gasteiger charge is -1.87. The van der Waals surface area contributed by atoms with Crippen LogP contribution in [0.25, 0.3) is 0 Å². The first kappa shape index (κ1) is 6.37. The Balaban J connectivity index is 3.08. The molecule has 48 valence electrons. The van der Waals surface area contributed by atoms with E-state index < -0.39 is 0 Å². The van der Waals surface area contributed by atoms with Crippen molar-refractivity contribution in [2.75, 3.05) is 5.73 Å². The lowest BCUT2D eigenvalue weighted by atomic mass is 10.5. The summed E-state index contributed by atoms with van der Waals surface area (Å²) < 4.78 is 3.54. The van der Waals surface area contributed by atoms with Crippen molar-refractivity contribution in [2.24, 2.45) is 5.73 Å². The summed E-state index contributed by atoms with van der Waals surface area (Å²) in [5.41, 5.74) is 11.0. The molecule has 1 aromatic heterocycles. The molecule has 0 atom stereocenters. The molecule has 0 aliphatic rings. The van der Waals surface area contributed by atoms with Gasteiger partial charge < -0.3 is 11.5 Å². The predicted octanol–water partition coefficient (Wildman–Crippen LogP) is -0.246. The largest absolute Gasteiger partial charge is 0.388 e. The van der Waals surface area contributed by atoms with Crippen LogP contribution < -0.4 is 11.5 Å². The van der Waals surface area contributed by atoms with Gasteiger partial charge in [-0.05, 0) is 0 Å². The maximum absolute atomic E-state index is 5.37. The van der Waals surface area contributed by atoms with E-state index in [0.717, 1.165) is 11.5 Å². The summed E-state index contributed by atoms with van der Waals surface area (Å²) in [5.74, 6) is 0. The van der Waals surface area contributed by atoms with Crippen LogP contribution in [0.3, 0.4) is 0 Å². The van der Waals surface area contributed by atoms with Gasteiger partial charge in [-0.25, -0.2) is 0 Å². The minimum atomic E-state index is 0.196. The SMILES string of the molecule is NC(=S)c1nnsc1N. The van der Waals surface area contributed by atoms with Gasteiger partial charge in [-0.1, -0.05) is 16.7 Å². The Labute approximate surface area is 61.0 Å². The molecular weight excluding hydrogens is 156 g/mol. The normalized spacial score (nSPS) is 9.33. The van der Waals surface area contributed by atoms with Gasteiger partial charge >= 0.3 is 0 Å². The van der Waals surface area contributed by atoms with Gasteiger partial charge in [-0.15, -0.1) is 5.10 Å². The zero-order valence-electron chi connectivity index (χ0n) is 4.37. The van der Waals surface area contributed by atoms with Crippen molar-refractivity contribution in [3.8, 4) is 0 Å². The minimum absolute atomic E-state index is 0.196. The zero-order valence-corrected chi connectivity index (χ0v) is 6.00. The van der Waals surface area contributed by atoms with Crippen molar-refractivity contribution < 1.29 is 0 Å². The van der Waals surface area contributed by atoms with E-state index in [-0.39, 0.29) is 4.99 Å². The van der Waals surface area contributed by atoms with Crippen LogP contribution in [0.5, 0.6) is 0 Å². The molecule has 0 aromatic carbocycles. The summed E-state index contributed by atoms with van der Waals surface area (Å²) in [6.07, 6.45) is 0. The van der Waals surface area contributed by atoms with E-state index in [1.165, 1.54) is 0 Å². The minimum Gasteiger partial charge on any atom is -0.388 e. The molecule has 4 nitrogen and oxygen atoms in total. The summed E-state index contributed by atoms with van der Waals surface area (Å²) in [6, 6.07) is 0. The van der Waals surface area contributed by atoms with Crippen LogP contribution in [0.1, 0.15) is 5.69 Å². The van der Waals surface area contributed by atoms with Crippen molar-refractivity contribution in [3.05, 3.63) is 5.69 Å². The summed E-state index contributed by atoms with van der Waals surface area (Å²) in [7, 11) is 0. The number of thiocarbonyl (C=S) groups is 1. The van der Waals surface area contributed by atoms with Crippen LogP contribution in [0.4, 0.5) is 5.00 Å². The number of hydrogen-bond acceptors (Lipinski definition) is 5. The highest BCUT2D eigenvalue weighted by atomic mass is 32.1. The van der Waals surface area contributed by atoms with Crippen LogP contribution in [0.15, 0.2) is 0 Å². The van der Waals surface area contributed by atoms with Crippen LogP contribution in [0, 0.1) is 0 Å². The van der Waals surface area contributed by atoms with Gasteiger partial charge in [0.1, 0.15) is 9.99 Å². The molecule has 1 aromatic rings. The molecule has 0 aliphatic heterocycles. The average molecular weight is 160 g/mol. The molecule has 1 heterocycles. The lowest BCUT2D eigenvalue weighted by Crippen LogP contribution is -2.11. The zero-order chi connectivity index (χ0) is 6.85. The second kappa shape index (κ2) is 2.24. The molecule has 0 bridgehead atoms. The monoisotopic (exact) mass is 160 g/mol. The number of rotatable bonds is 1. The van der Waals surface area contributed by atoms with E-state index in [9.17, 15) is 0 Å². The van der Waals surface area contributed by atoms with Gasteiger partial charge in [0, 0.05) is 11.5 Å². The molecular formula is C3H4N4S2. The Hall–Kier alpha value is -0.750. The number of anilines is 1. The van der Waals surface area contributed by atoms with Crippen molar-refractivity contribution in [1.82, 2.24) is 9.59 Å². The predicted molar refractivity (Wildman–Crippen MR) is 40.2 cm³/mol. The maximum Gasteiger partial charge on any atom is 0.156 e. The third-order valence-electron chi connectivity index (χ3n) is 0.747. The third kappa shape index (κ3) is 1.14. The smallest absolute Gasteiger partial charge is 0.156 e. The van der Waals surface area contributed by atoms with Gasteiger partial charge in [0.15, 0.2) is 5.69 Å². The van der Waals surface area contributed by atoms with Crippen molar-refractivity contribution in [1.29, 1.82) is 0 Å². The van der Waals surface area contributed by atoms with Gasteiger partial charge in [0.25, 0.3) is 0 Å².